The zero-order valence-electron chi connectivity index (χ0n) is 6.79. The van der Waals surface area contributed by atoms with Crippen molar-refractivity contribution in [2.75, 3.05) is 0 Å². The van der Waals surface area contributed by atoms with E-state index in [9.17, 15) is 13.6 Å². The lowest BCUT2D eigenvalue weighted by Gasteiger charge is -2.02. The number of nitrogens with zero attached hydrogens (tertiary/aromatic N) is 1. The van der Waals surface area contributed by atoms with Crippen molar-refractivity contribution in [2.45, 2.75) is 13.3 Å². The van der Waals surface area contributed by atoms with Crippen molar-refractivity contribution in [1.29, 1.82) is 0 Å². The summed E-state index contributed by atoms with van der Waals surface area (Å²) in [4.78, 5) is 13.9. The summed E-state index contributed by atoms with van der Waals surface area (Å²) in [5, 5.41) is 8.57. The molecule has 0 saturated heterocycles. The Kier molecular flexibility index (Phi) is 2.55. The lowest BCUT2D eigenvalue weighted by Crippen LogP contribution is -2.03. The average molecular weight is 187 g/mol. The molecule has 0 saturated carbocycles. The van der Waals surface area contributed by atoms with E-state index in [0.29, 0.717) is 0 Å². The number of hydrogen-bond acceptors (Lipinski definition) is 2. The predicted octanol–water partition coefficient (Wildman–Crippen LogP) is 2.03. The summed E-state index contributed by atoms with van der Waals surface area (Å²) in [7, 11) is 0. The van der Waals surface area contributed by atoms with Crippen LogP contribution in [0, 0.1) is 6.92 Å². The van der Waals surface area contributed by atoms with Crippen LogP contribution in [0.25, 0.3) is 0 Å². The Labute approximate surface area is 73.0 Å². The maximum absolute atomic E-state index is 12.1. The molecule has 0 fully saturated rings. The largest absolute Gasteiger partial charge is 0.478 e. The topological polar surface area (TPSA) is 50.2 Å². The zero-order chi connectivity index (χ0) is 10.0. The number of hydrogen-bond donors (Lipinski definition) is 1. The molecule has 0 aliphatic carbocycles. The van der Waals surface area contributed by atoms with Gasteiger partial charge in [-0.3, -0.25) is 4.98 Å². The number of carboxylic acid groups (broad SMARTS) is 1. The minimum absolute atomic E-state index is 0.0515. The van der Waals surface area contributed by atoms with Gasteiger partial charge in [0.05, 0.1) is 11.3 Å². The minimum Gasteiger partial charge on any atom is -0.478 e. The summed E-state index contributed by atoms with van der Waals surface area (Å²) in [6.45, 7) is 1.38. The number of halogens is 2. The SMILES string of the molecule is Cc1nc(C(F)F)ccc1C(=O)O. The molecule has 0 aliphatic heterocycles. The smallest absolute Gasteiger partial charge is 0.337 e. The zero-order valence-corrected chi connectivity index (χ0v) is 6.79. The lowest BCUT2D eigenvalue weighted by molar-refractivity contribution is 0.0694. The van der Waals surface area contributed by atoms with Gasteiger partial charge >= 0.3 is 5.97 Å². The summed E-state index contributed by atoms with van der Waals surface area (Å²) < 4.78 is 24.1. The summed E-state index contributed by atoms with van der Waals surface area (Å²) in [5.74, 6) is -1.16. The maximum Gasteiger partial charge on any atom is 0.337 e. The third kappa shape index (κ3) is 1.99. The van der Waals surface area contributed by atoms with E-state index in [1.807, 2.05) is 0 Å². The second-order valence-electron chi connectivity index (χ2n) is 2.47. The van der Waals surface area contributed by atoms with Crippen LogP contribution in [0.3, 0.4) is 0 Å². The molecule has 1 aromatic heterocycles. The molecular weight excluding hydrogens is 180 g/mol. The molecule has 3 nitrogen and oxygen atoms in total. The molecule has 5 heteroatoms. The molecule has 70 valence electrons. The number of pyridine rings is 1. The summed E-state index contributed by atoms with van der Waals surface area (Å²) in [6.07, 6.45) is -2.67. The van der Waals surface area contributed by atoms with Crippen LogP contribution in [0.1, 0.15) is 28.2 Å². The van der Waals surface area contributed by atoms with Gasteiger partial charge in [0.2, 0.25) is 0 Å². The van der Waals surface area contributed by atoms with Crippen molar-refractivity contribution in [1.82, 2.24) is 4.98 Å². The average Bonchev–Trinajstić information content (AvgIpc) is 2.03. The Morgan fingerprint density at radius 2 is 2.15 bits per heavy atom. The van der Waals surface area contributed by atoms with Gasteiger partial charge < -0.3 is 5.11 Å². The quantitative estimate of drug-likeness (QED) is 0.770. The predicted molar refractivity (Wildman–Crippen MR) is 40.9 cm³/mol. The molecule has 1 aromatic rings. The Hall–Kier alpha value is -1.52. The highest BCUT2D eigenvalue weighted by Crippen LogP contribution is 2.17. The number of aromatic carboxylic acids is 1. The first-order chi connectivity index (χ1) is 6.02. The highest BCUT2D eigenvalue weighted by molar-refractivity contribution is 5.88. The van der Waals surface area contributed by atoms with Gasteiger partial charge in [0.25, 0.3) is 6.43 Å². The fraction of sp³-hybridized carbons (Fsp3) is 0.250. The Bertz CT molecular complexity index is 339. The second kappa shape index (κ2) is 3.47. The Morgan fingerprint density at radius 3 is 2.54 bits per heavy atom. The molecule has 1 heterocycles. The van der Waals surface area contributed by atoms with Crippen LogP contribution >= 0.6 is 0 Å². The van der Waals surface area contributed by atoms with Crippen LogP contribution < -0.4 is 0 Å². The van der Waals surface area contributed by atoms with Crippen molar-refractivity contribution in [3.8, 4) is 0 Å². The third-order valence-corrected chi connectivity index (χ3v) is 1.56. The maximum atomic E-state index is 12.1. The molecule has 0 spiro atoms. The van der Waals surface area contributed by atoms with E-state index in [2.05, 4.69) is 4.98 Å². The molecule has 0 radical (unpaired) electrons. The summed E-state index contributed by atoms with van der Waals surface area (Å²) in [5.41, 5.74) is -0.350. The van der Waals surface area contributed by atoms with E-state index in [-0.39, 0.29) is 11.3 Å². The molecule has 0 unspecified atom stereocenters. The van der Waals surface area contributed by atoms with Gasteiger partial charge in [-0.1, -0.05) is 0 Å². The van der Waals surface area contributed by atoms with Crippen molar-refractivity contribution >= 4 is 5.97 Å². The van der Waals surface area contributed by atoms with Crippen molar-refractivity contribution in [3.05, 3.63) is 29.1 Å². The molecule has 0 amide bonds. The molecule has 13 heavy (non-hydrogen) atoms. The number of aryl methyl sites for hydroxylation is 1. The van der Waals surface area contributed by atoms with Crippen molar-refractivity contribution in [2.24, 2.45) is 0 Å². The fourth-order valence-electron chi connectivity index (χ4n) is 0.928. The summed E-state index contributed by atoms with van der Waals surface area (Å²) in [6, 6.07) is 2.15. The highest BCUT2D eigenvalue weighted by atomic mass is 19.3. The van der Waals surface area contributed by atoms with Crippen molar-refractivity contribution in [3.63, 3.8) is 0 Å². The third-order valence-electron chi connectivity index (χ3n) is 1.56. The van der Waals surface area contributed by atoms with Crippen LogP contribution in [0.15, 0.2) is 12.1 Å². The van der Waals surface area contributed by atoms with E-state index in [4.69, 9.17) is 5.11 Å². The highest BCUT2D eigenvalue weighted by Gasteiger charge is 2.13. The molecular formula is C8H7F2NO2. The van der Waals surface area contributed by atoms with Crippen molar-refractivity contribution < 1.29 is 18.7 Å². The first kappa shape index (κ1) is 9.57. The van der Waals surface area contributed by atoms with E-state index in [0.717, 1.165) is 12.1 Å². The van der Waals surface area contributed by atoms with Gasteiger partial charge in [0, 0.05) is 0 Å². The van der Waals surface area contributed by atoms with E-state index >= 15 is 0 Å². The first-order valence-corrected chi connectivity index (χ1v) is 3.51. The van der Waals surface area contributed by atoms with Gasteiger partial charge in [-0.15, -0.1) is 0 Å². The molecule has 0 aliphatic rings. The molecule has 0 bridgehead atoms. The van der Waals surface area contributed by atoms with E-state index in [1.165, 1.54) is 6.92 Å². The number of rotatable bonds is 2. The van der Waals surface area contributed by atoms with Gasteiger partial charge in [0.15, 0.2) is 0 Å². The molecule has 1 N–H and O–H groups in total. The molecule has 0 aromatic carbocycles. The van der Waals surface area contributed by atoms with Gasteiger partial charge in [-0.05, 0) is 19.1 Å². The van der Waals surface area contributed by atoms with Crippen LogP contribution in [0.2, 0.25) is 0 Å². The summed E-state index contributed by atoms with van der Waals surface area (Å²) >= 11 is 0. The van der Waals surface area contributed by atoms with Crippen LogP contribution in [-0.2, 0) is 0 Å². The monoisotopic (exact) mass is 187 g/mol. The van der Waals surface area contributed by atoms with Gasteiger partial charge in [0.1, 0.15) is 5.69 Å². The first-order valence-electron chi connectivity index (χ1n) is 3.51. The minimum atomic E-state index is -2.67. The van der Waals surface area contributed by atoms with Gasteiger partial charge in [-0.25, -0.2) is 13.6 Å². The second-order valence-corrected chi connectivity index (χ2v) is 2.47. The molecule has 0 atom stereocenters. The number of carboxylic acids is 1. The van der Waals surface area contributed by atoms with E-state index < -0.39 is 18.1 Å². The van der Waals surface area contributed by atoms with E-state index in [1.54, 1.807) is 0 Å². The van der Waals surface area contributed by atoms with Crippen LogP contribution in [-0.4, -0.2) is 16.1 Å². The molecule has 1 rings (SSSR count). The van der Waals surface area contributed by atoms with Crippen LogP contribution in [0.4, 0.5) is 8.78 Å². The van der Waals surface area contributed by atoms with Gasteiger partial charge in [-0.2, -0.15) is 0 Å². The van der Waals surface area contributed by atoms with Crippen LogP contribution in [0.5, 0.6) is 0 Å². The lowest BCUT2D eigenvalue weighted by atomic mass is 10.2. The standard InChI is InChI=1S/C8H7F2NO2/c1-4-5(8(12)13)2-3-6(11-4)7(9)10/h2-3,7H,1H3,(H,12,13). The number of alkyl halides is 2. The number of carbonyl (C=O) groups is 1. The fourth-order valence-corrected chi connectivity index (χ4v) is 0.928. The Balaban J connectivity index is 3.13. The number of aromatic nitrogens is 1. The normalized spacial score (nSPS) is 10.5. The Morgan fingerprint density at radius 1 is 1.54 bits per heavy atom.